The van der Waals surface area contributed by atoms with Gasteiger partial charge in [0.15, 0.2) is 0 Å². The van der Waals surface area contributed by atoms with Crippen LogP contribution in [0.5, 0.6) is 0 Å². The van der Waals surface area contributed by atoms with E-state index in [0.717, 1.165) is 36.6 Å². The van der Waals surface area contributed by atoms with Crippen LogP contribution in [0.4, 0.5) is 0 Å². The van der Waals surface area contributed by atoms with Gasteiger partial charge in [-0.25, -0.2) is 0 Å². The summed E-state index contributed by atoms with van der Waals surface area (Å²) in [4.78, 5) is 13.7. The molecule has 0 saturated carbocycles. The van der Waals surface area contributed by atoms with Crippen LogP contribution in [0.2, 0.25) is 0 Å². The second kappa shape index (κ2) is 6.66. The van der Waals surface area contributed by atoms with Crippen molar-refractivity contribution in [1.82, 2.24) is 4.90 Å². The Morgan fingerprint density at radius 3 is 2.74 bits per heavy atom. The molecule has 1 aliphatic rings. The molecule has 0 spiro atoms. The molecule has 0 unspecified atom stereocenters. The van der Waals surface area contributed by atoms with Gasteiger partial charge in [-0.1, -0.05) is 36.9 Å². The summed E-state index contributed by atoms with van der Waals surface area (Å²) in [6.07, 6.45) is 2.05. The van der Waals surface area contributed by atoms with Gasteiger partial charge < -0.3 is 10.6 Å². The fourth-order valence-corrected chi connectivity index (χ4v) is 3.43. The van der Waals surface area contributed by atoms with E-state index in [9.17, 15) is 4.79 Å². The molecule has 2 N–H and O–H groups in total. The third-order valence-electron chi connectivity index (χ3n) is 3.36. The van der Waals surface area contributed by atoms with E-state index in [2.05, 4.69) is 23.6 Å². The van der Waals surface area contributed by atoms with Crippen LogP contribution in [-0.2, 0) is 10.5 Å². The maximum Gasteiger partial charge on any atom is 0.240 e. The Kier molecular flexibility index (Phi) is 4.91. The largest absolute Gasteiger partial charge is 0.368 e. The van der Waals surface area contributed by atoms with E-state index >= 15 is 0 Å². The number of hydrogen-bond acceptors (Lipinski definition) is 3. The normalized spacial score (nSPS) is 16.6. The molecule has 1 fully saturated rings. The van der Waals surface area contributed by atoms with Crippen LogP contribution >= 0.6 is 11.8 Å². The van der Waals surface area contributed by atoms with Crippen molar-refractivity contribution in [2.75, 3.05) is 12.3 Å². The quantitative estimate of drug-likeness (QED) is 0.867. The Labute approximate surface area is 118 Å². The lowest BCUT2D eigenvalue weighted by Gasteiger charge is -2.27. The van der Waals surface area contributed by atoms with Crippen molar-refractivity contribution in [2.24, 2.45) is 5.73 Å². The molecule has 0 aromatic heterocycles. The van der Waals surface area contributed by atoms with E-state index in [1.54, 1.807) is 11.8 Å². The van der Waals surface area contributed by atoms with E-state index in [1.807, 2.05) is 18.2 Å². The zero-order chi connectivity index (χ0) is 13.7. The number of amides is 1. The molecule has 0 aliphatic carbocycles. The smallest absolute Gasteiger partial charge is 0.240 e. The zero-order valence-electron chi connectivity index (χ0n) is 11.0. The summed E-state index contributed by atoms with van der Waals surface area (Å²) < 4.78 is 0. The fraction of sp³-hybridized carbons (Fsp3) is 0.400. The number of thioether (sulfide) groups is 1. The Hall–Kier alpha value is -1.42. The SMILES string of the molecule is C=C1CCCN1[C@@H](CSCc1ccccc1)C(N)=O. The van der Waals surface area contributed by atoms with Crippen LogP contribution in [0.15, 0.2) is 42.6 Å². The second-order valence-corrected chi connectivity index (χ2v) is 5.81. The molecule has 1 aromatic carbocycles. The molecule has 1 atom stereocenters. The summed E-state index contributed by atoms with van der Waals surface area (Å²) >= 11 is 1.75. The van der Waals surface area contributed by atoms with E-state index in [1.165, 1.54) is 5.56 Å². The number of likely N-dealkylation sites (tertiary alicyclic amines) is 1. The highest BCUT2D eigenvalue weighted by Crippen LogP contribution is 2.24. The molecule has 2 rings (SSSR count). The van der Waals surface area contributed by atoms with Gasteiger partial charge in [0.25, 0.3) is 0 Å². The van der Waals surface area contributed by atoms with E-state index in [-0.39, 0.29) is 11.9 Å². The highest BCUT2D eigenvalue weighted by molar-refractivity contribution is 7.98. The van der Waals surface area contributed by atoms with Gasteiger partial charge in [0.05, 0.1) is 0 Å². The molecule has 1 saturated heterocycles. The van der Waals surface area contributed by atoms with Crippen molar-refractivity contribution >= 4 is 17.7 Å². The maximum atomic E-state index is 11.6. The first-order chi connectivity index (χ1) is 9.18. The fourth-order valence-electron chi connectivity index (χ4n) is 2.32. The van der Waals surface area contributed by atoms with Crippen LogP contribution in [0.3, 0.4) is 0 Å². The number of hydrogen-bond donors (Lipinski definition) is 1. The molecular weight excluding hydrogens is 256 g/mol. The molecule has 0 bridgehead atoms. The molecule has 1 heterocycles. The van der Waals surface area contributed by atoms with Gasteiger partial charge in [0, 0.05) is 23.7 Å². The molecule has 0 radical (unpaired) electrons. The first-order valence-electron chi connectivity index (χ1n) is 6.54. The molecule has 4 heteroatoms. The number of primary amides is 1. The third-order valence-corrected chi connectivity index (χ3v) is 4.45. The molecule has 1 aromatic rings. The average Bonchev–Trinajstić information content (AvgIpc) is 2.82. The van der Waals surface area contributed by atoms with Gasteiger partial charge in [0.2, 0.25) is 5.91 Å². The van der Waals surface area contributed by atoms with Crippen LogP contribution in [0, 0.1) is 0 Å². The lowest BCUT2D eigenvalue weighted by molar-refractivity contribution is -0.121. The van der Waals surface area contributed by atoms with Crippen molar-refractivity contribution in [3.8, 4) is 0 Å². The van der Waals surface area contributed by atoms with Crippen molar-refractivity contribution in [2.45, 2.75) is 24.6 Å². The second-order valence-electron chi connectivity index (χ2n) is 4.78. The molecule has 3 nitrogen and oxygen atoms in total. The van der Waals surface area contributed by atoms with Gasteiger partial charge >= 0.3 is 0 Å². The standard InChI is InChI=1S/C15H20N2OS/c1-12-6-5-9-17(12)14(15(16)18)11-19-10-13-7-3-2-4-8-13/h2-4,7-8,14H,1,5-6,9-11H2,(H2,16,18)/t14-/m0/s1. The summed E-state index contributed by atoms with van der Waals surface area (Å²) in [7, 11) is 0. The Morgan fingerprint density at radius 1 is 1.42 bits per heavy atom. The number of nitrogens with zero attached hydrogens (tertiary/aromatic N) is 1. The Bertz CT molecular complexity index is 447. The van der Waals surface area contributed by atoms with Gasteiger partial charge in [0.1, 0.15) is 6.04 Å². The number of allylic oxidation sites excluding steroid dienone is 1. The molecule has 19 heavy (non-hydrogen) atoms. The van der Waals surface area contributed by atoms with Crippen LogP contribution in [0.1, 0.15) is 18.4 Å². The summed E-state index contributed by atoms with van der Waals surface area (Å²) in [5, 5.41) is 0. The maximum absolute atomic E-state index is 11.6. The first kappa shape index (κ1) is 14.0. The van der Waals surface area contributed by atoms with Crippen LogP contribution in [0.25, 0.3) is 0 Å². The van der Waals surface area contributed by atoms with Gasteiger partial charge in [-0.05, 0) is 18.4 Å². The Morgan fingerprint density at radius 2 is 2.16 bits per heavy atom. The van der Waals surface area contributed by atoms with Crippen molar-refractivity contribution < 1.29 is 4.79 Å². The summed E-state index contributed by atoms with van der Waals surface area (Å²) in [5.41, 5.74) is 7.84. The van der Waals surface area contributed by atoms with Crippen molar-refractivity contribution in [3.63, 3.8) is 0 Å². The minimum absolute atomic E-state index is 0.219. The number of benzene rings is 1. The lowest BCUT2D eigenvalue weighted by atomic mass is 10.2. The third kappa shape index (κ3) is 3.77. The highest BCUT2D eigenvalue weighted by atomic mass is 32.2. The highest BCUT2D eigenvalue weighted by Gasteiger charge is 2.27. The first-order valence-corrected chi connectivity index (χ1v) is 7.69. The topological polar surface area (TPSA) is 46.3 Å². The number of nitrogens with two attached hydrogens (primary N) is 1. The predicted molar refractivity (Wildman–Crippen MR) is 80.7 cm³/mol. The van der Waals surface area contributed by atoms with E-state index in [0.29, 0.717) is 0 Å². The number of carbonyl (C=O) groups excluding carboxylic acids is 1. The molecule has 1 aliphatic heterocycles. The monoisotopic (exact) mass is 276 g/mol. The van der Waals surface area contributed by atoms with Gasteiger partial charge in [-0.3, -0.25) is 4.79 Å². The van der Waals surface area contributed by atoms with Gasteiger partial charge in [-0.15, -0.1) is 0 Å². The minimum Gasteiger partial charge on any atom is -0.368 e. The summed E-state index contributed by atoms with van der Waals surface area (Å²) in [6.45, 7) is 4.92. The minimum atomic E-state index is -0.247. The summed E-state index contributed by atoms with van der Waals surface area (Å²) in [6, 6.07) is 10.0. The zero-order valence-corrected chi connectivity index (χ0v) is 11.9. The van der Waals surface area contributed by atoms with Crippen LogP contribution < -0.4 is 5.73 Å². The molecule has 102 valence electrons. The molecular formula is C15H20N2OS. The van der Waals surface area contributed by atoms with Gasteiger partial charge in [-0.2, -0.15) is 11.8 Å². The van der Waals surface area contributed by atoms with Crippen molar-refractivity contribution in [3.05, 3.63) is 48.2 Å². The lowest BCUT2D eigenvalue weighted by Crippen LogP contribution is -2.44. The number of carbonyl (C=O) groups is 1. The molecule has 1 amide bonds. The van der Waals surface area contributed by atoms with E-state index < -0.39 is 0 Å². The van der Waals surface area contributed by atoms with Crippen molar-refractivity contribution in [1.29, 1.82) is 0 Å². The number of rotatable bonds is 6. The Balaban J connectivity index is 1.87. The summed E-state index contributed by atoms with van der Waals surface area (Å²) in [5.74, 6) is 1.39. The van der Waals surface area contributed by atoms with E-state index in [4.69, 9.17) is 5.73 Å². The predicted octanol–water partition coefficient (Wildman–Crippen LogP) is 2.38. The average molecular weight is 276 g/mol. The van der Waals surface area contributed by atoms with Crippen LogP contribution in [-0.4, -0.2) is 29.1 Å².